The lowest BCUT2D eigenvalue weighted by Crippen LogP contribution is -2.40. The Kier molecular flexibility index (Phi) is 2.73. The van der Waals surface area contributed by atoms with Crippen LogP contribution in [0.15, 0.2) is 27.6 Å². The van der Waals surface area contributed by atoms with Gasteiger partial charge in [0.2, 0.25) is 0 Å². The molecule has 1 amide bonds. The van der Waals surface area contributed by atoms with Crippen molar-refractivity contribution in [3.05, 3.63) is 40.5 Å². The van der Waals surface area contributed by atoms with Crippen LogP contribution < -0.4 is 5.69 Å². The first-order chi connectivity index (χ1) is 10.2. The summed E-state index contributed by atoms with van der Waals surface area (Å²) in [6, 6.07) is 3.34. The Morgan fingerprint density at radius 3 is 2.95 bits per heavy atom. The van der Waals surface area contributed by atoms with Crippen molar-refractivity contribution in [1.82, 2.24) is 19.2 Å². The van der Waals surface area contributed by atoms with Crippen molar-refractivity contribution in [3.63, 3.8) is 0 Å². The Balaban J connectivity index is 1.57. The van der Waals surface area contributed by atoms with E-state index in [0.717, 1.165) is 0 Å². The van der Waals surface area contributed by atoms with Gasteiger partial charge in [0.05, 0.1) is 12.8 Å². The van der Waals surface area contributed by atoms with E-state index in [-0.39, 0.29) is 11.6 Å². The molecule has 0 radical (unpaired) electrons. The smallest absolute Gasteiger partial charge is 0.346 e. The molecule has 1 aliphatic heterocycles. The molecule has 0 N–H and O–H groups in total. The van der Waals surface area contributed by atoms with Crippen molar-refractivity contribution in [2.24, 2.45) is 5.92 Å². The Morgan fingerprint density at radius 2 is 2.24 bits per heavy atom. The first-order valence-electron chi connectivity index (χ1n) is 7.21. The van der Waals surface area contributed by atoms with Crippen LogP contribution in [0.4, 0.5) is 0 Å². The van der Waals surface area contributed by atoms with Crippen molar-refractivity contribution in [2.75, 3.05) is 6.54 Å². The molecule has 2 aromatic heterocycles. The summed E-state index contributed by atoms with van der Waals surface area (Å²) in [7, 11) is 0. The lowest BCUT2D eigenvalue weighted by atomic mass is 10.3. The fourth-order valence-corrected chi connectivity index (χ4v) is 2.69. The highest BCUT2D eigenvalue weighted by Crippen LogP contribution is 2.29. The minimum atomic E-state index is -0.157. The fourth-order valence-electron chi connectivity index (χ4n) is 2.69. The van der Waals surface area contributed by atoms with Gasteiger partial charge < -0.3 is 9.32 Å². The van der Waals surface area contributed by atoms with Gasteiger partial charge >= 0.3 is 5.69 Å². The molecule has 0 aromatic carbocycles. The van der Waals surface area contributed by atoms with Crippen LogP contribution in [0.3, 0.4) is 0 Å². The van der Waals surface area contributed by atoms with Crippen molar-refractivity contribution < 1.29 is 9.21 Å². The average Bonchev–Trinajstić information content (AvgIpc) is 3.04. The molecule has 1 aliphatic carbocycles. The number of hydrogen-bond acceptors (Lipinski definition) is 4. The van der Waals surface area contributed by atoms with E-state index < -0.39 is 0 Å². The largest absolute Gasteiger partial charge is 0.459 e. The summed E-state index contributed by atoms with van der Waals surface area (Å²) < 4.78 is 8.37. The standard InChI is InChI=1S/C14H16N4O3/c19-13(11-2-1-7-21-11)16-5-6-17-12(9-16)15-18(14(17)20)8-10-3-4-10/h1-2,7,10H,3-6,8-9H2. The van der Waals surface area contributed by atoms with E-state index in [4.69, 9.17) is 4.42 Å². The van der Waals surface area contributed by atoms with Gasteiger partial charge in [0.1, 0.15) is 0 Å². The summed E-state index contributed by atoms with van der Waals surface area (Å²) in [5.74, 6) is 1.42. The average molecular weight is 288 g/mol. The van der Waals surface area contributed by atoms with Crippen LogP contribution in [0, 0.1) is 5.92 Å². The second-order valence-electron chi connectivity index (χ2n) is 5.68. The minimum absolute atomic E-state index is 0.0537. The number of fused-ring (bicyclic) bond motifs is 1. The number of aromatic nitrogens is 3. The molecule has 7 heteroatoms. The molecule has 7 nitrogen and oxygen atoms in total. The van der Waals surface area contributed by atoms with Gasteiger partial charge in [-0.1, -0.05) is 0 Å². The van der Waals surface area contributed by atoms with Crippen LogP contribution >= 0.6 is 0 Å². The molecule has 4 rings (SSSR count). The van der Waals surface area contributed by atoms with Crippen LogP contribution in [0.1, 0.15) is 29.2 Å². The second kappa shape index (κ2) is 4.61. The highest BCUT2D eigenvalue weighted by atomic mass is 16.3. The van der Waals surface area contributed by atoms with E-state index >= 15 is 0 Å². The maximum atomic E-state index is 12.3. The quantitative estimate of drug-likeness (QED) is 0.833. The van der Waals surface area contributed by atoms with Crippen LogP contribution in [-0.4, -0.2) is 31.7 Å². The van der Waals surface area contributed by atoms with E-state index in [9.17, 15) is 9.59 Å². The molecule has 0 spiro atoms. The van der Waals surface area contributed by atoms with Gasteiger partial charge in [-0.3, -0.25) is 9.36 Å². The molecule has 0 atom stereocenters. The minimum Gasteiger partial charge on any atom is -0.459 e. The highest BCUT2D eigenvalue weighted by molar-refractivity contribution is 5.91. The predicted octanol–water partition coefficient (Wildman–Crippen LogP) is 0.704. The topological polar surface area (TPSA) is 73.3 Å². The van der Waals surface area contributed by atoms with Gasteiger partial charge in [0.15, 0.2) is 11.6 Å². The molecule has 3 heterocycles. The summed E-state index contributed by atoms with van der Waals surface area (Å²) in [4.78, 5) is 26.2. The number of nitrogens with zero attached hydrogens (tertiary/aromatic N) is 4. The first-order valence-corrected chi connectivity index (χ1v) is 7.21. The summed E-state index contributed by atoms with van der Waals surface area (Å²) in [5, 5.41) is 4.39. The van der Waals surface area contributed by atoms with Crippen molar-refractivity contribution in [3.8, 4) is 0 Å². The number of carbonyl (C=O) groups is 1. The van der Waals surface area contributed by atoms with Crippen LogP contribution in [0.25, 0.3) is 0 Å². The first kappa shape index (κ1) is 12.4. The number of carbonyl (C=O) groups excluding carboxylic acids is 1. The Bertz CT molecular complexity index is 724. The third-order valence-electron chi connectivity index (χ3n) is 4.07. The number of amides is 1. The van der Waals surface area contributed by atoms with Crippen molar-refractivity contribution >= 4 is 5.91 Å². The van der Waals surface area contributed by atoms with Crippen LogP contribution in [0.2, 0.25) is 0 Å². The molecule has 110 valence electrons. The Labute approximate surface area is 120 Å². The van der Waals surface area contributed by atoms with Gasteiger partial charge in [0, 0.05) is 19.6 Å². The molecule has 0 bridgehead atoms. The third-order valence-corrected chi connectivity index (χ3v) is 4.07. The second-order valence-corrected chi connectivity index (χ2v) is 5.68. The molecule has 2 aliphatic rings. The van der Waals surface area contributed by atoms with Gasteiger partial charge in [-0.25, -0.2) is 9.48 Å². The van der Waals surface area contributed by atoms with Crippen molar-refractivity contribution in [2.45, 2.75) is 32.5 Å². The normalized spacial score (nSPS) is 17.8. The van der Waals surface area contributed by atoms with Crippen LogP contribution in [-0.2, 0) is 19.6 Å². The molecule has 1 fully saturated rings. The van der Waals surface area contributed by atoms with Gasteiger partial charge in [-0.2, -0.15) is 5.10 Å². The van der Waals surface area contributed by atoms with E-state index in [1.807, 2.05) is 0 Å². The van der Waals surface area contributed by atoms with E-state index in [2.05, 4.69) is 5.10 Å². The predicted molar refractivity (Wildman–Crippen MR) is 72.7 cm³/mol. The molecule has 1 saturated carbocycles. The third kappa shape index (κ3) is 2.18. The lowest BCUT2D eigenvalue weighted by Gasteiger charge is -2.25. The summed E-state index contributed by atoms with van der Waals surface area (Å²) >= 11 is 0. The van der Waals surface area contributed by atoms with Gasteiger partial charge in [-0.05, 0) is 30.9 Å². The van der Waals surface area contributed by atoms with Gasteiger partial charge in [0.25, 0.3) is 5.91 Å². The monoisotopic (exact) mass is 288 g/mol. The van der Waals surface area contributed by atoms with E-state index in [1.165, 1.54) is 19.1 Å². The molecular formula is C14H16N4O3. The number of rotatable bonds is 3. The summed E-state index contributed by atoms with van der Waals surface area (Å²) in [6.07, 6.45) is 3.84. The van der Waals surface area contributed by atoms with Gasteiger partial charge in [-0.15, -0.1) is 0 Å². The summed E-state index contributed by atoms with van der Waals surface area (Å²) in [6.45, 7) is 2.05. The Hall–Kier alpha value is -2.31. The molecule has 21 heavy (non-hydrogen) atoms. The number of furan rings is 1. The lowest BCUT2D eigenvalue weighted by molar-refractivity contribution is 0.0674. The molecule has 0 saturated heterocycles. The van der Waals surface area contributed by atoms with E-state index in [1.54, 1.807) is 26.3 Å². The maximum absolute atomic E-state index is 12.3. The summed E-state index contributed by atoms with van der Waals surface area (Å²) in [5.41, 5.74) is -0.0537. The molecule has 2 aromatic rings. The number of hydrogen-bond donors (Lipinski definition) is 0. The zero-order valence-corrected chi connectivity index (χ0v) is 11.6. The fraction of sp³-hybridized carbons (Fsp3) is 0.500. The van der Waals surface area contributed by atoms with Crippen molar-refractivity contribution in [1.29, 1.82) is 0 Å². The molecular weight excluding hydrogens is 272 g/mol. The maximum Gasteiger partial charge on any atom is 0.346 e. The zero-order chi connectivity index (χ0) is 14.4. The van der Waals surface area contributed by atoms with Crippen LogP contribution in [0.5, 0.6) is 0 Å². The Morgan fingerprint density at radius 1 is 1.38 bits per heavy atom. The molecule has 0 unspecified atom stereocenters. The highest BCUT2D eigenvalue weighted by Gasteiger charge is 2.29. The SMILES string of the molecule is O=C(c1ccco1)N1CCn2c(nn(CC3CC3)c2=O)C1. The zero-order valence-electron chi connectivity index (χ0n) is 11.6. The van der Waals surface area contributed by atoms with E-state index in [0.29, 0.717) is 43.7 Å².